The van der Waals surface area contributed by atoms with Crippen molar-refractivity contribution < 1.29 is 4.79 Å². The first-order valence-electron chi connectivity index (χ1n) is 6.76. The third-order valence-corrected chi connectivity index (χ3v) is 5.16. The van der Waals surface area contributed by atoms with Crippen molar-refractivity contribution in [3.63, 3.8) is 0 Å². The molecule has 0 saturated carbocycles. The van der Waals surface area contributed by atoms with E-state index in [1.165, 1.54) is 0 Å². The lowest BCUT2D eigenvalue weighted by Crippen LogP contribution is -2.35. The normalized spacial score (nSPS) is 18.9. The fraction of sp³-hybridized carbons (Fsp3) is 0.533. The molecule has 4 heteroatoms. The van der Waals surface area contributed by atoms with Crippen LogP contribution in [0.3, 0.4) is 0 Å². The molecule has 2 nitrogen and oxygen atoms in total. The third kappa shape index (κ3) is 3.60. The number of rotatable bonds is 4. The molecule has 1 heterocycles. The van der Waals surface area contributed by atoms with E-state index in [2.05, 4.69) is 36.8 Å². The number of likely N-dealkylation sites (tertiary alicyclic amines) is 1. The lowest BCUT2D eigenvalue weighted by molar-refractivity contribution is 0.0730. The largest absolute Gasteiger partial charge is 0.336 e. The van der Waals surface area contributed by atoms with E-state index in [9.17, 15) is 4.79 Å². The number of aryl methyl sites for hydroxylation is 1. The van der Waals surface area contributed by atoms with Gasteiger partial charge in [0.05, 0.1) is 0 Å². The van der Waals surface area contributed by atoms with Crippen molar-refractivity contribution in [2.45, 2.75) is 38.6 Å². The summed E-state index contributed by atoms with van der Waals surface area (Å²) in [6, 6.07) is 6.28. The maximum atomic E-state index is 12.6. The van der Waals surface area contributed by atoms with Crippen LogP contribution in [0.1, 0.15) is 41.6 Å². The number of hydrogen-bond donors (Lipinski definition) is 0. The van der Waals surface area contributed by atoms with Crippen LogP contribution in [0, 0.1) is 6.92 Å². The van der Waals surface area contributed by atoms with Crippen molar-refractivity contribution in [2.24, 2.45) is 0 Å². The zero-order valence-electron chi connectivity index (χ0n) is 11.2. The molecular formula is C15H19Br2NO. The van der Waals surface area contributed by atoms with Crippen LogP contribution in [0.25, 0.3) is 0 Å². The van der Waals surface area contributed by atoms with E-state index in [-0.39, 0.29) is 5.91 Å². The zero-order valence-corrected chi connectivity index (χ0v) is 14.3. The molecule has 1 atom stereocenters. The molecule has 0 bridgehead atoms. The Kier molecular flexibility index (Phi) is 5.46. The molecular weight excluding hydrogens is 370 g/mol. The van der Waals surface area contributed by atoms with Crippen molar-refractivity contribution in [3.05, 3.63) is 33.8 Å². The molecule has 104 valence electrons. The predicted octanol–water partition coefficient (Wildman–Crippen LogP) is 4.54. The average Bonchev–Trinajstić information content (AvgIpc) is 2.87. The second-order valence-corrected chi connectivity index (χ2v) is 6.74. The molecule has 0 N–H and O–H groups in total. The van der Waals surface area contributed by atoms with Gasteiger partial charge in [0.2, 0.25) is 0 Å². The van der Waals surface area contributed by atoms with Gasteiger partial charge in [0, 0.05) is 28.0 Å². The average molecular weight is 389 g/mol. The minimum absolute atomic E-state index is 0.188. The van der Waals surface area contributed by atoms with Crippen molar-refractivity contribution in [1.29, 1.82) is 0 Å². The molecule has 1 aliphatic heterocycles. The number of carbonyl (C=O) groups is 1. The Morgan fingerprint density at radius 1 is 1.47 bits per heavy atom. The minimum Gasteiger partial charge on any atom is -0.336 e. The third-order valence-electron chi connectivity index (χ3n) is 3.71. The van der Waals surface area contributed by atoms with Gasteiger partial charge in [0.25, 0.3) is 5.91 Å². The predicted molar refractivity (Wildman–Crippen MR) is 86.0 cm³/mol. The molecule has 1 saturated heterocycles. The van der Waals surface area contributed by atoms with Gasteiger partial charge >= 0.3 is 0 Å². The maximum Gasteiger partial charge on any atom is 0.254 e. The Morgan fingerprint density at radius 3 is 2.95 bits per heavy atom. The molecule has 19 heavy (non-hydrogen) atoms. The number of alkyl halides is 1. The van der Waals surface area contributed by atoms with Gasteiger partial charge in [-0.3, -0.25) is 4.79 Å². The smallest absolute Gasteiger partial charge is 0.254 e. The van der Waals surface area contributed by atoms with Crippen molar-refractivity contribution >= 4 is 37.8 Å². The first kappa shape index (κ1) is 15.0. The van der Waals surface area contributed by atoms with E-state index >= 15 is 0 Å². The highest BCUT2D eigenvalue weighted by molar-refractivity contribution is 9.10. The number of amides is 1. The molecule has 1 unspecified atom stereocenters. The lowest BCUT2D eigenvalue weighted by Gasteiger charge is -2.25. The maximum absolute atomic E-state index is 12.6. The number of carbonyl (C=O) groups excluding carboxylic acids is 1. The molecule has 1 aromatic rings. The van der Waals surface area contributed by atoms with Crippen LogP contribution < -0.4 is 0 Å². The summed E-state index contributed by atoms with van der Waals surface area (Å²) in [5, 5.41) is 1.02. The molecule has 1 aromatic carbocycles. The Bertz CT molecular complexity index is 461. The summed E-state index contributed by atoms with van der Waals surface area (Å²) in [5.74, 6) is 0.188. The second kappa shape index (κ2) is 6.89. The van der Waals surface area contributed by atoms with Gasteiger partial charge in [0.1, 0.15) is 0 Å². The lowest BCUT2D eigenvalue weighted by atomic mass is 10.1. The highest BCUT2D eigenvalue weighted by Gasteiger charge is 2.28. The Balaban J connectivity index is 2.11. The monoisotopic (exact) mass is 387 g/mol. The molecule has 0 aliphatic carbocycles. The summed E-state index contributed by atoms with van der Waals surface area (Å²) in [7, 11) is 0. The number of hydrogen-bond acceptors (Lipinski definition) is 1. The molecule has 1 aliphatic rings. The Hall–Kier alpha value is -0.350. The fourth-order valence-corrected chi connectivity index (χ4v) is 3.23. The van der Waals surface area contributed by atoms with Gasteiger partial charge in [-0.2, -0.15) is 0 Å². The van der Waals surface area contributed by atoms with Crippen molar-refractivity contribution in [1.82, 2.24) is 4.90 Å². The van der Waals surface area contributed by atoms with Crippen LogP contribution in [-0.2, 0) is 0 Å². The Labute approximate surface area is 131 Å². The van der Waals surface area contributed by atoms with Crippen LogP contribution in [0.2, 0.25) is 0 Å². The number of benzene rings is 1. The van der Waals surface area contributed by atoms with Crippen LogP contribution in [0.15, 0.2) is 22.7 Å². The van der Waals surface area contributed by atoms with Gasteiger partial charge in [-0.1, -0.05) is 31.9 Å². The number of nitrogens with zero attached hydrogens (tertiary/aromatic N) is 1. The number of halogens is 2. The van der Waals surface area contributed by atoms with Crippen LogP contribution in [0.4, 0.5) is 0 Å². The minimum atomic E-state index is 0.188. The van der Waals surface area contributed by atoms with Crippen LogP contribution in [-0.4, -0.2) is 28.7 Å². The first-order valence-corrected chi connectivity index (χ1v) is 8.68. The van der Waals surface area contributed by atoms with Gasteiger partial charge in [-0.05, 0) is 56.4 Å². The first-order chi connectivity index (χ1) is 9.13. The molecule has 2 rings (SSSR count). The zero-order chi connectivity index (χ0) is 13.8. The summed E-state index contributed by atoms with van der Waals surface area (Å²) >= 11 is 6.95. The van der Waals surface area contributed by atoms with E-state index in [4.69, 9.17) is 0 Å². The summed E-state index contributed by atoms with van der Waals surface area (Å²) in [5.41, 5.74) is 1.92. The quantitative estimate of drug-likeness (QED) is 0.693. The van der Waals surface area contributed by atoms with E-state index in [1.807, 2.05) is 25.1 Å². The van der Waals surface area contributed by atoms with Gasteiger partial charge in [0.15, 0.2) is 0 Å². The highest BCUT2D eigenvalue weighted by atomic mass is 79.9. The van der Waals surface area contributed by atoms with E-state index in [0.29, 0.717) is 6.04 Å². The van der Waals surface area contributed by atoms with Gasteiger partial charge in [-0.25, -0.2) is 0 Å². The van der Waals surface area contributed by atoms with E-state index in [0.717, 1.165) is 53.2 Å². The summed E-state index contributed by atoms with van der Waals surface area (Å²) in [6.07, 6.45) is 4.52. The van der Waals surface area contributed by atoms with Gasteiger partial charge in [-0.15, -0.1) is 0 Å². The summed E-state index contributed by atoms with van der Waals surface area (Å²) in [6.45, 7) is 2.92. The highest BCUT2D eigenvalue weighted by Crippen LogP contribution is 2.25. The van der Waals surface area contributed by atoms with E-state index in [1.54, 1.807) is 0 Å². The molecule has 0 aromatic heterocycles. The molecule has 0 radical (unpaired) electrons. The summed E-state index contributed by atoms with van der Waals surface area (Å²) < 4.78 is 1.06. The molecule has 0 spiro atoms. The van der Waals surface area contributed by atoms with Crippen molar-refractivity contribution in [3.8, 4) is 0 Å². The SMILES string of the molecule is Cc1cc(C(=O)N2CCCC2CCCBr)ccc1Br. The topological polar surface area (TPSA) is 20.3 Å². The van der Waals surface area contributed by atoms with Gasteiger partial charge < -0.3 is 4.90 Å². The fourth-order valence-electron chi connectivity index (χ4n) is 2.66. The van der Waals surface area contributed by atoms with E-state index < -0.39 is 0 Å². The second-order valence-electron chi connectivity index (χ2n) is 5.09. The standard InChI is InChI=1S/C15H19Br2NO/c1-11-10-12(6-7-14(11)17)15(19)18-9-3-5-13(18)4-2-8-16/h6-7,10,13H,2-5,8-9H2,1H3. The molecule has 1 fully saturated rings. The molecule has 1 amide bonds. The Morgan fingerprint density at radius 2 is 2.26 bits per heavy atom. The van der Waals surface area contributed by atoms with Crippen LogP contribution in [0.5, 0.6) is 0 Å². The summed E-state index contributed by atoms with van der Waals surface area (Å²) in [4.78, 5) is 14.6. The van der Waals surface area contributed by atoms with Crippen molar-refractivity contribution in [2.75, 3.05) is 11.9 Å². The van der Waals surface area contributed by atoms with Crippen LogP contribution >= 0.6 is 31.9 Å².